The summed E-state index contributed by atoms with van der Waals surface area (Å²) >= 11 is 0. The maximum absolute atomic E-state index is 12.7. The first-order valence-corrected chi connectivity index (χ1v) is 10.3. The van der Waals surface area contributed by atoms with Crippen LogP contribution in [0, 0.1) is 0 Å². The zero-order valence-electron chi connectivity index (χ0n) is 18.4. The fraction of sp³-hybridized carbons (Fsp3) is 0.619. The highest BCUT2D eigenvalue weighted by Gasteiger charge is 2.26. The molecule has 1 N–H and O–H groups in total. The predicted octanol–water partition coefficient (Wildman–Crippen LogP) is 2.21. The molecule has 30 heavy (non-hydrogen) atoms. The van der Waals surface area contributed by atoms with Crippen molar-refractivity contribution in [1.29, 1.82) is 0 Å². The highest BCUT2D eigenvalue weighted by Crippen LogP contribution is 2.15. The van der Waals surface area contributed by atoms with E-state index in [0.717, 1.165) is 18.8 Å². The molecule has 1 aromatic heterocycles. The molecule has 1 saturated heterocycles. The van der Waals surface area contributed by atoms with Crippen LogP contribution in [0.25, 0.3) is 0 Å². The van der Waals surface area contributed by atoms with E-state index in [0.29, 0.717) is 31.8 Å². The van der Waals surface area contributed by atoms with Crippen molar-refractivity contribution in [2.45, 2.75) is 52.7 Å². The van der Waals surface area contributed by atoms with Gasteiger partial charge in [0.2, 0.25) is 5.91 Å². The van der Waals surface area contributed by atoms with E-state index in [9.17, 15) is 14.4 Å². The van der Waals surface area contributed by atoms with Gasteiger partial charge in [-0.2, -0.15) is 0 Å². The normalized spacial score (nSPS) is 15.8. The van der Waals surface area contributed by atoms with Crippen molar-refractivity contribution in [3.05, 3.63) is 23.9 Å². The molecule has 2 amide bonds. The van der Waals surface area contributed by atoms with E-state index >= 15 is 0 Å². The number of ether oxygens (including phenoxy) is 2. The average Bonchev–Trinajstić information content (AvgIpc) is 2.92. The van der Waals surface area contributed by atoms with Gasteiger partial charge in [0.25, 0.3) is 0 Å². The van der Waals surface area contributed by atoms with Crippen LogP contribution < -0.4 is 10.2 Å². The fourth-order valence-electron chi connectivity index (χ4n) is 3.10. The van der Waals surface area contributed by atoms with E-state index in [-0.39, 0.29) is 5.91 Å². The van der Waals surface area contributed by atoms with E-state index < -0.39 is 23.7 Å². The second-order valence-corrected chi connectivity index (χ2v) is 8.16. The molecule has 0 aliphatic carbocycles. The molecular weight excluding hydrogens is 388 g/mol. The third-order valence-electron chi connectivity index (χ3n) is 4.49. The lowest BCUT2D eigenvalue weighted by Gasteiger charge is -2.26. The molecule has 1 atom stereocenters. The van der Waals surface area contributed by atoms with Crippen LogP contribution in [0.1, 0.15) is 51.4 Å². The number of hydrogen-bond acceptors (Lipinski definition) is 7. The van der Waals surface area contributed by atoms with Crippen LogP contribution in [0.3, 0.4) is 0 Å². The molecule has 0 bridgehead atoms. The van der Waals surface area contributed by atoms with Gasteiger partial charge in [-0.3, -0.25) is 4.79 Å². The standard InChI is InChI=1S/C21H32N4O5/c1-6-29-19(27)16-8-9-17(22-14-16)24-10-7-11-25(13-12-24)18(26)15(2)23-20(28)30-21(3,4)5/h8-9,14-15H,6-7,10-13H2,1-5H3,(H,23,28)/t15-/m1/s1. The predicted molar refractivity (Wildman–Crippen MR) is 112 cm³/mol. The van der Waals surface area contributed by atoms with Crippen LogP contribution >= 0.6 is 0 Å². The molecule has 1 aliphatic rings. The minimum absolute atomic E-state index is 0.145. The molecule has 0 radical (unpaired) electrons. The summed E-state index contributed by atoms with van der Waals surface area (Å²) in [5.41, 5.74) is -0.208. The summed E-state index contributed by atoms with van der Waals surface area (Å²) < 4.78 is 10.2. The lowest BCUT2D eigenvalue weighted by atomic mass is 10.2. The minimum atomic E-state index is -0.673. The van der Waals surface area contributed by atoms with E-state index in [1.54, 1.807) is 51.7 Å². The first-order chi connectivity index (χ1) is 14.1. The first kappa shape index (κ1) is 23.4. The zero-order valence-corrected chi connectivity index (χ0v) is 18.4. The number of pyridine rings is 1. The number of aromatic nitrogens is 1. The number of anilines is 1. The van der Waals surface area contributed by atoms with E-state index in [4.69, 9.17) is 9.47 Å². The Bertz CT molecular complexity index is 745. The van der Waals surface area contributed by atoms with Crippen molar-refractivity contribution in [2.24, 2.45) is 0 Å². The molecule has 2 rings (SSSR count). The van der Waals surface area contributed by atoms with Gasteiger partial charge in [0.1, 0.15) is 17.5 Å². The lowest BCUT2D eigenvalue weighted by molar-refractivity contribution is -0.132. The third kappa shape index (κ3) is 6.89. The van der Waals surface area contributed by atoms with Crippen molar-refractivity contribution in [1.82, 2.24) is 15.2 Å². The molecule has 1 aliphatic heterocycles. The summed E-state index contributed by atoms with van der Waals surface area (Å²) in [7, 11) is 0. The Balaban J connectivity index is 1.92. The molecule has 166 valence electrons. The van der Waals surface area contributed by atoms with Crippen molar-refractivity contribution in [3.8, 4) is 0 Å². The van der Waals surface area contributed by atoms with Crippen molar-refractivity contribution < 1.29 is 23.9 Å². The van der Waals surface area contributed by atoms with E-state index in [1.807, 2.05) is 0 Å². The SMILES string of the molecule is CCOC(=O)c1ccc(N2CCCN(C(=O)[C@@H](C)NC(=O)OC(C)(C)C)CC2)nc1. The van der Waals surface area contributed by atoms with Gasteiger partial charge in [0, 0.05) is 32.4 Å². The number of rotatable bonds is 5. The summed E-state index contributed by atoms with van der Waals surface area (Å²) in [5, 5.41) is 2.60. The Morgan fingerprint density at radius 3 is 2.50 bits per heavy atom. The van der Waals surface area contributed by atoms with Gasteiger partial charge in [-0.15, -0.1) is 0 Å². The largest absolute Gasteiger partial charge is 0.462 e. The Morgan fingerprint density at radius 1 is 1.17 bits per heavy atom. The number of hydrogen-bond donors (Lipinski definition) is 1. The Morgan fingerprint density at radius 2 is 1.90 bits per heavy atom. The summed E-state index contributed by atoms with van der Waals surface area (Å²) in [4.78, 5) is 44.6. The molecule has 1 fully saturated rings. The van der Waals surface area contributed by atoms with Crippen molar-refractivity contribution >= 4 is 23.8 Å². The van der Waals surface area contributed by atoms with Gasteiger partial charge < -0.3 is 24.6 Å². The Labute approximate surface area is 177 Å². The minimum Gasteiger partial charge on any atom is -0.462 e. The fourth-order valence-corrected chi connectivity index (χ4v) is 3.10. The number of alkyl carbamates (subject to hydrolysis) is 1. The maximum atomic E-state index is 12.7. The van der Waals surface area contributed by atoms with Gasteiger partial charge in [-0.1, -0.05) is 0 Å². The molecule has 9 heteroatoms. The smallest absolute Gasteiger partial charge is 0.408 e. The highest BCUT2D eigenvalue weighted by atomic mass is 16.6. The van der Waals surface area contributed by atoms with Crippen LogP contribution in [0.4, 0.5) is 10.6 Å². The van der Waals surface area contributed by atoms with Crippen LogP contribution in [0.5, 0.6) is 0 Å². The van der Waals surface area contributed by atoms with Gasteiger partial charge in [0.05, 0.1) is 12.2 Å². The monoisotopic (exact) mass is 420 g/mol. The van der Waals surface area contributed by atoms with Crippen LogP contribution in [0.2, 0.25) is 0 Å². The molecule has 0 unspecified atom stereocenters. The quantitative estimate of drug-likeness (QED) is 0.729. The first-order valence-electron chi connectivity index (χ1n) is 10.3. The average molecular weight is 421 g/mol. The molecule has 0 aromatic carbocycles. The summed E-state index contributed by atoms with van der Waals surface area (Å²) in [6, 6.07) is 2.81. The number of carbonyl (C=O) groups is 3. The van der Waals surface area contributed by atoms with Crippen LogP contribution in [0.15, 0.2) is 18.3 Å². The van der Waals surface area contributed by atoms with E-state index in [2.05, 4.69) is 15.2 Å². The molecule has 9 nitrogen and oxygen atoms in total. The second-order valence-electron chi connectivity index (χ2n) is 8.16. The van der Waals surface area contributed by atoms with Gasteiger partial charge in [-0.05, 0) is 53.2 Å². The summed E-state index contributed by atoms with van der Waals surface area (Å²) in [6.07, 6.45) is 1.67. The van der Waals surface area contributed by atoms with Gasteiger partial charge in [-0.25, -0.2) is 14.6 Å². The molecular formula is C21H32N4O5. The summed E-state index contributed by atoms with van der Waals surface area (Å²) in [5.74, 6) is 0.210. The van der Waals surface area contributed by atoms with Crippen molar-refractivity contribution in [2.75, 3.05) is 37.7 Å². The van der Waals surface area contributed by atoms with Crippen LogP contribution in [-0.2, 0) is 14.3 Å². The lowest BCUT2D eigenvalue weighted by Crippen LogP contribution is -2.49. The van der Waals surface area contributed by atoms with Gasteiger partial charge in [0.15, 0.2) is 0 Å². The third-order valence-corrected chi connectivity index (χ3v) is 4.49. The van der Waals surface area contributed by atoms with Gasteiger partial charge >= 0.3 is 12.1 Å². The number of nitrogens with one attached hydrogen (secondary N) is 1. The number of esters is 1. The summed E-state index contributed by atoms with van der Waals surface area (Å²) in [6.45, 7) is 11.5. The zero-order chi connectivity index (χ0) is 22.3. The number of amides is 2. The molecule has 0 saturated carbocycles. The van der Waals surface area contributed by atoms with Crippen molar-refractivity contribution in [3.63, 3.8) is 0 Å². The highest BCUT2D eigenvalue weighted by molar-refractivity contribution is 5.89. The maximum Gasteiger partial charge on any atom is 0.408 e. The number of nitrogens with zero attached hydrogens (tertiary/aromatic N) is 3. The topological polar surface area (TPSA) is 101 Å². The second kappa shape index (κ2) is 10.3. The van der Waals surface area contributed by atoms with Crippen LogP contribution in [-0.4, -0.2) is 72.3 Å². The molecule has 1 aromatic rings. The van der Waals surface area contributed by atoms with E-state index in [1.165, 1.54) is 6.20 Å². The number of carbonyl (C=O) groups excluding carboxylic acids is 3. The Hall–Kier alpha value is -2.84. The molecule has 0 spiro atoms. The molecule has 2 heterocycles. The Kier molecular flexibility index (Phi) is 8.02.